The topological polar surface area (TPSA) is 98.5 Å². The van der Waals surface area contributed by atoms with E-state index < -0.39 is 18.5 Å². The van der Waals surface area contributed by atoms with Crippen LogP contribution in [0.4, 0.5) is 5.69 Å². The zero-order valence-corrected chi connectivity index (χ0v) is 18.7. The van der Waals surface area contributed by atoms with E-state index in [9.17, 15) is 9.59 Å². The Morgan fingerprint density at radius 3 is 2.42 bits per heavy atom. The molecule has 2 heterocycles. The summed E-state index contributed by atoms with van der Waals surface area (Å²) >= 11 is 5.03. The number of aryl methyl sites for hydroxylation is 1. The highest BCUT2D eigenvalue weighted by Gasteiger charge is 2.17. The molecule has 0 saturated carbocycles. The number of carbonyl (C=O) groups excluding carboxylic acids is 2. The van der Waals surface area contributed by atoms with Crippen LogP contribution in [0.1, 0.15) is 16.3 Å². The molecule has 4 aromatic rings. The van der Waals surface area contributed by atoms with Crippen molar-refractivity contribution in [1.82, 2.24) is 19.6 Å². The van der Waals surface area contributed by atoms with Crippen molar-refractivity contribution in [3.8, 4) is 0 Å². The third-order valence-corrected chi connectivity index (χ3v) is 5.68. The number of nitrogens with one attached hydrogen (secondary N) is 1. The number of benzene rings is 2. The van der Waals surface area contributed by atoms with Gasteiger partial charge in [0.05, 0.1) is 0 Å². The molecular weight excluding hydrogens is 482 g/mol. The standard InChI is InChI=1S/C21H16BrN5O3S/c1-13-10-11-23-21-25-19(26-27(13)21)20(29)30-12-18(28)24-15-4-8-17(9-5-15)31-16-6-2-14(22)3-7-16/h2-11H,12H2,1H3,(H,24,28). The van der Waals surface area contributed by atoms with Gasteiger partial charge in [0.2, 0.25) is 0 Å². The first-order valence-corrected chi connectivity index (χ1v) is 10.8. The lowest BCUT2D eigenvalue weighted by Gasteiger charge is -2.07. The predicted octanol–water partition coefficient (Wildman–Crippen LogP) is 4.14. The Hall–Kier alpha value is -3.24. The van der Waals surface area contributed by atoms with E-state index in [0.29, 0.717) is 5.69 Å². The van der Waals surface area contributed by atoms with Crippen LogP contribution in [0.15, 0.2) is 75.1 Å². The van der Waals surface area contributed by atoms with Crippen LogP contribution < -0.4 is 5.32 Å². The SMILES string of the molecule is Cc1ccnc2nc(C(=O)OCC(=O)Nc3ccc(Sc4ccc(Br)cc4)cc3)nn12. The molecule has 0 unspecified atom stereocenters. The molecule has 156 valence electrons. The van der Waals surface area contributed by atoms with Crippen LogP contribution in [0.25, 0.3) is 5.78 Å². The third-order valence-electron chi connectivity index (χ3n) is 4.13. The monoisotopic (exact) mass is 497 g/mol. The number of esters is 1. The van der Waals surface area contributed by atoms with Gasteiger partial charge in [-0.05, 0) is 61.5 Å². The lowest BCUT2D eigenvalue weighted by Crippen LogP contribution is -2.21. The predicted molar refractivity (Wildman–Crippen MR) is 119 cm³/mol. The second-order valence-electron chi connectivity index (χ2n) is 6.44. The van der Waals surface area contributed by atoms with Gasteiger partial charge in [0.1, 0.15) is 0 Å². The summed E-state index contributed by atoms with van der Waals surface area (Å²) in [6.45, 7) is 1.37. The summed E-state index contributed by atoms with van der Waals surface area (Å²) in [5, 5.41) is 6.75. The quantitative estimate of drug-likeness (QED) is 0.399. The second kappa shape index (κ2) is 9.27. The highest BCUT2D eigenvalue weighted by atomic mass is 79.9. The lowest BCUT2D eigenvalue weighted by atomic mass is 10.3. The van der Waals surface area contributed by atoms with Gasteiger partial charge in [-0.1, -0.05) is 27.7 Å². The molecule has 4 rings (SSSR count). The summed E-state index contributed by atoms with van der Waals surface area (Å²) in [7, 11) is 0. The van der Waals surface area contributed by atoms with E-state index in [0.717, 1.165) is 20.0 Å². The van der Waals surface area contributed by atoms with E-state index in [4.69, 9.17) is 4.74 Å². The second-order valence-corrected chi connectivity index (χ2v) is 8.50. The maximum atomic E-state index is 12.1. The number of anilines is 1. The van der Waals surface area contributed by atoms with Gasteiger partial charge in [0, 0.05) is 31.8 Å². The molecule has 0 saturated heterocycles. The molecule has 8 nitrogen and oxygen atoms in total. The van der Waals surface area contributed by atoms with Gasteiger partial charge in [-0.3, -0.25) is 4.79 Å². The summed E-state index contributed by atoms with van der Waals surface area (Å²) in [6, 6.07) is 17.1. The molecule has 2 aromatic heterocycles. The maximum Gasteiger partial charge on any atom is 0.378 e. The number of halogens is 1. The van der Waals surface area contributed by atoms with Crippen LogP contribution in [-0.4, -0.2) is 38.1 Å². The van der Waals surface area contributed by atoms with E-state index in [-0.39, 0.29) is 11.6 Å². The summed E-state index contributed by atoms with van der Waals surface area (Å²) < 4.78 is 7.48. The number of fused-ring (bicyclic) bond motifs is 1. The van der Waals surface area contributed by atoms with Crippen molar-refractivity contribution < 1.29 is 14.3 Å². The smallest absolute Gasteiger partial charge is 0.378 e. The van der Waals surface area contributed by atoms with Gasteiger partial charge >= 0.3 is 5.97 Å². The van der Waals surface area contributed by atoms with Gasteiger partial charge < -0.3 is 10.1 Å². The summed E-state index contributed by atoms with van der Waals surface area (Å²) in [5.41, 5.74) is 1.38. The summed E-state index contributed by atoms with van der Waals surface area (Å²) in [4.78, 5) is 34.5. The largest absolute Gasteiger partial charge is 0.450 e. The maximum absolute atomic E-state index is 12.1. The van der Waals surface area contributed by atoms with Gasteiger partial charge in [-0.15, -0.1) is 5.10 Å². The van der Waals surface area contributed by atoms with E-state index in [1.807, 2.05) is 43.3 Å². The van der Waals surface area contributed by atoms with Gasteiger partial charge in [0.25, 0.3) is 17.5 Å². The Bertz CT molecular complexity index is 1240. The first-order valence-electron chi connectivity index (χ1n) is 9.17. The average molecular weight is 498 g/mol. The van der Waals surface area contributed by atoms with Crippen molar-refractivity contribution in [3.63, 3.8) is 0 Å². The minimum absolute atomic E-state index is 0.149. The molecule has 0 fully saturated rings. The molecule has 0 atom stereocenters. The molecule has 1 amide bonds. The lowest BCUT2D eigenvalue weighted by molar-refractivity contribution is -0.119. The molecule has 10 heteroatoms. The van der Waals surface area contributed by atoms with Crippen molar-refractivity contribution in [3.05, 3.63) is 76.8 Å². The number of amides is 1. The molecule has 0 aliphatic carbocycles. The number of carbonyl (C=O) groups is 2. The molecular formula is C21H16BrN5O3S. The molecule has 0 radical (unpaired) electrons. The zero-order valence-electron chi connectivity index (χ0n) is 16.3. The number of rotatable bonds is 6. The van der Waals surface area contributed by atoms with E-state index in [2.05, 4.69) is 36.3 Å². The molecule has 0 aliphatic heterocycles. The van der Waals surface area contributed by atoms with Gasteiger partial charge in [-0.25, -0.2) is 14.3 Å². The van der Waals surface area contributed by atoms with E-state index in [1.54, 1.807) is 36.2 Å². The number of nitrogens with zero attached hydrogens (tertiary/aromatic N) is 4. The van der Waals surface area contributed by atoms with Crippen molar-refractivity contribution in [2.75, 3.05) is 11.9 Å². The molecule has 0 aliphatic rings. The molecule has 0 spiro atoms. The van der Waals surface area contributed by atoms with Crippen molar-refractivity contribution in [1.29, 1.82) is 0 Å². The first-order chi connectivity index (χ1) is 15.0. The zero-order chi connectivity index (χ0) is 21.8. The molecule has 1 N–H and O–H groups in total. The molecule has 2 aromatic carbocycles. The van der Waals surface area contributed by atoms with E-state index >= 15 is 0 Å². The van der Waals surface area contributed by atoms with Crippen LogP contribution in [0.3, 0.4) is 0 Å². The number of hydrogen-bond donors (Lipinski definition) is 1. The van der Waals surface area contributed by atoms with E-state index in [1.165, 1.54) is 4.52 Å². The normalized spacial score (nSPS) is 10.8. The first kappa shape index (κ1) is 21.0. The summed E-state index contributed by atoms with van der Waals surface area (Å²) in [6.07, 6.45) is 1.57. The number of hydrogen-bond acceptors (Lipinski definition) is 7. The van der Waals surface area contributed by atoms with Crippen molar-refractivity contribution in [2.45, 2.75) is 16.7 Å². The minimum Gasteiger partial charge on any atom is -0.450 e. The Morgan fingerprint density at radius 2 is 1.74 bits per heavy atom. The highest BCUT2D eigenvalue weighted by Crippen LogP contribution is 2.29. The Morgan fingerprint density at radius 1 is 1.06 bits per heavy atom. The van der Waals surface area contributed by atoms with Crippen LogP contribution in [0.2, 0.25) is 0 Å². The Kier molecular flexibility index (Phi) is 6.28. The van der Waals surface area contributed by atoms with Crippen LogP contribution in [0.5, 0.6) is 0 Å². The van der Waals surface area contributed by atoms with Crippen LogP contribution in [0, 0.1) is 6.92 Å². The van der Waals surface area contributed by atoms with Crippen LogP contribution in [-0.2, 0) is 9.53 Å². The minimum atomic E-state index is -0.790. The van der Waals surface area contributed by atoms with Crippen LogP contribution >= 0.6 is 27.7 Å². The van der Waals surface area contributed by atoms with Crippen molar-refractivity contribution >= 4 is 51.0 Å². The van der Waals surface area contributed by atoms with Gasteiger partial charge in [-0.2, -0.15) is 4.98 Å². The number of ether oxygens (including phenoxy) is 1. The number of aromatic nitrogens is 4. The highest BCUT2D eigenvalue weighted by molar-refractivity contribution is 9.10. The molecule has 0 bridgehead atoms. The summed E-state index contributed by atoms with van der Waals surface area (Å²) in [5.74, 6) is -1.11. The Labute approximate surface area is 190 Å². The fourth-order valence-electron chi connectivity index (χ4n) is 2.63. The average Bonchev–Trinajstić information content (AvgIpc) is 3.21. The Balaban J connectivity index is 1.30. The fraction of sp³-hybridized carbons (Fsp3) is 0.0952. The third kappa shape index (κ3) is 5.28. The fourth-order valence-corrected chi connectivity index (χ4v) is 3.71. The van der Waals surface area contributed by atoms with Gasteiger partial charge in [0.15, 0.2) is 6.61 Å². The van der Waals surface area contributed by atoms with Crippen molar-refractivity contribution in [2.24, 2.45) is 0 Å². The molecule has 31 heavy (non-hydrogen) atoms.